The van der Waals surface area contributed by atoms with E-state index in [0.717, 1.165) is 6.42 Å². The summed E-state index contributed by atoms with van der Waals surface area (Å²) in [5.74, 6) is 1.22. The number of methoxy groups -OCH3 is 1. The number of nitrogens with one attached hydrogen (secondary N) is 2. The van der Waals surface area contributed by atoms with Crippen LogP contribution in [-0.2, 0) is 10.0 Å². The molecule has 10 heteroatoms. The molecule has 27 heavy (non-hydrogen) atoms. The number of pyridine rings is 1. The van der Waals surface area contributed by atoms with Crippen molar-refractivity contribution in [1.29, 1.82) is 0 Å². The van der Waals surface area contributed by atoms with Crippen LogP contribution in [0.2, 0.25) is 0 Å². The van der Waals surface area contributed by atoms with Crippen LogP contribution in [0.4, 0.5) is 16.3 Å². The molecule has 0 saturated carbocycles. The molecule has 2 heterocycles. The largest absolute Gasteiger partial charge is 0.495 e. The number of carbonyl (C=O) groups excluding carboxylic acids is 1. The summed E-state index contributed by atoms with van der Waals surface area (Å²) in [5, 5.41) is 10.8. The molecule has 1 aliphatic heterocycles. The van der Waals surface area contributed by atoms with E-state index in [1.165, 1.54) is 12.3 Å². The van der Waals surface area contributed by atoms with Gasteiger partial charge in [-0.05, 0) is 30.7 Å². The van der Waals surface area contributed by atoms with Crippen LogP contribution in [0.25, 0.3) is 0 Å². The van der Waals surface area contributed by atoms with Gasteiger partial charge in [-0.1, -0.05) is 12.1 Å². The average Bonchev–Trinajstić information content (AvgIpc) is 3.10. The molecule has 0 bridgehead atoms. The summed E-state index contributed by atoms with van der Waals surface area (Å²) in [5.41, 5.74) is 0.590. The van der Waals surface area contributed by atoms with Gasteiger partial charge in [-0.25, -0.2) is 23.3 Å². The fourth-order valence-electron chi connectivity index (χ4n) is 2.91. The molecular formula is C17H21N5O4S. The summed E-state index contributed by atoms with van der Waals surface area (Å²) in [6, 6.07) is 9.82. The lowest BCUT2D eigenvalue weighted by molar-refractivity contribution is 0.249. The standard InChI is InChI=1S/C17H21N5O4S/c1-26-15-5-3-2-4-14(15)21-17(23)20-12-8-9-22(11-12)16-7-6-13(10-19-16)27(18,24)25/h2-7,10,12H,8-9,11H2,1H3,(H2,18,24,25)(H2,20,21,23)/t12-/m0/s1. The highest BCUT2D eigenvalue weighted by Crippen LogP contribution is 2.23. The number of ether oxygens (including phenoxy) is 1. The number of sulfonamides is 1. The minimum atomic E-state index is -3.76. The molecule has 1 aliphatic rings. The third-order valence-electron chi connectivity index (χ3n) is 4.25. The Bertz CT molecular complexity index is 917. The van der Waals surface area contributed by atoms with Crippen LogP contribution in [0.15, 0.2) is 47.5 Å². The molecule has 0 unspecified atom stereocenters. The third kappa shape index (κ3) is 4.66. The fraction of sp³-hybridized carbons (Fsp3) is 0.294. The first-order valence-electron chi connectivity index (χ1n) is 8.31. The number of rotatable bonds is 5. The van der Waals surface area contributed by atoms with E-state index in [1.807, 2.05) is 17.0 Å². The first-order chi connectivity index (χ1) is 12.9. The van der Waals surface area contributed by atoms with Crippen molar-refractivity contribution in [2.75, 3.05) is 30.4 Å². The van der Waals surface area contributed by atoms with Gasteiger partial charge >= 0.3 is 6.03 Å². The minimum Gasteiger partial charge on any atom is -0.495 e. The molecular weight excluding hydrogens is 370 g/mol. The Labute approximate surface area is 157 Å². The summed E-state index contributed by atoms with van der Waals surface area (Å²) in [4.78, 5) is 18.3. The number of amides is 2. The Hall–Kier alpha value is -2.85. The first-order valence-corrected chi connectivity index (χ1v) is 9.86. The monoisotopic (exact) mass is 391 g/mol. The maximum absolute atomic E-state index is 12.2. The van der Waals surface area contributed by atoms with Gasteiger partial charge in [-0.2, -0.15) is 0 Å². The average molecular weight is 391 g/mol. The minimum absolute atomic E-state index is 0.0312. The maximum atomic E-state index is 12.2. The number of hydrogen-bond donors (Lipinski definition) is 3. The summed E-state index contributed by atoms with van der Waals surface area (Å²) in [7, 11) is -2.22. The predicted octanol–water partition coefficient (Wildman–Crippen LogP) is 1.14. The summed E-state index contributed by atoms with van der Waals surface area (Å²) < 4.78 is 27.8. The fourth-order valence-corrected chi connectivity index (χ4v) is 3.36. The molecule has 1 atom stereocenters. The second kappa shape index (κ2) is 7.80. The van der Waals surface area contributed by atoms with Crippen LogP contribution in [0.3, 0.4) is 0 Å². The van der Waals surface area contributed by atoms with Crippen molar-refractivity contribution in [3.63, 3.8) is 0 Å². The van der Waals surface area contributed by atoms with Crippen molar-refractivity contribution in [1.82, 2.24) is 10.3 Å². The zero-order chi connectivity index (χ0) is 19.4. The van der Waals surface area contributed by atoms with E-state index in [1.54, 1.807) is 25.3 Å². The molecule has 1 saturated heterocycles. The lowest BCUT2D eigenvalue weighted by Gasteiger charge is -2.18. The van der Waals surface area contributed by atoms with Gasteiger partial charge in [0.25, 0.3) is 0 Å². The number of nitrogens with zero attached hydrogens (tertiary/aromatic N) is 2. The molecule has 0 radical (unpaired) electrons. The van der Waals surface area contributed by atoms with Crippen LogP contribution >= 0.6 is 0 Å². The van der Waals surface area contributed by atoms with Crippen molar-refractivity contribution < 1.29 is 17.9 Å². The SMILES string of the molecule is COc1ccccc1NC(=O)N[C@H]1CCN(c2ccc(S(N)(=O)=O)cn2)C1. The van der Waals surface area contributed by atoms with Gasteiger partial charge in [-0.15, -0.1) is 0 Å². The number of hydrogen-bond acceptors (Lipinski definition) is 6. The topological polar surface area (TPSA) is 127 Å². The number of urea groups is 1. The zero-order valence-corrected chi connectivity index (χ0v) is 15.6. The Morgan fingerprint density at radius 2 is 2.07 bits per heavy atom. The van der Waals surface area contributed by atoms with Gasteiger partial charge in [-0.3, -0.25) is 0 Å². The normalized spacial score (nSPS) is 16.8. The van der Waals surface area contributed by atoms with Crippen molar-refractivity contribution >= 4 is 27.6 Å². The molecule has 144 valence electrons. The molecule has 9 nitrogen and oxygen atoms in total. The highest BCUT2D eigenvalue weighted by atomic mass is 32.2. The van der Waals surface area contributed by atoms with Crippen molar-refractivity contribution in [2.45, 2.75) is 17.4 Å². The van der Waals surface area contributed by atoms with Gasteiger partial charge in [0.1, 0.15) is 16.5 Å². The lowest BCUT2D eigenvalue weighted by atomic mass is 10.2. The zero-order valence-electron chi connectivity index (χ0n) is 14.8. The quantitative estimate of drug-likeness (QED) is 0.701. The van der Waals surface area contributed by atoms with Gasteiger partial charge in [0.2, 0.25) is 10.0 Å². The van der Waals surface area contributed by atoms with E-state index in [9.17, 15) is 13.2 Å². The van der Waals surface area contributed by atoms with E-state index in [2.05, 4.69) is 15.6 Å². The van der Waals surface area contributed by atoms with Crippen molar-refractivity contribution in [3.8, 4) is 5.75 Å². The van der Waals surface area contributed by atoms with E-state index >= 15 is 0 Å². The number of carbonyl (C=O) groups is 1. The van der Waals surface area contributed by atoms with Crippen LogP contribution in [0.5, 0.6) is 5.75 Å². The van der Waals surface area contributed by atoms with E-state index in [4.69, 9.17) is 9.88 Å². The second-order valence-electron chi connectivity index (χ2n) is 6.13. The van der Waals surface area contributed by atoms with Crippen LogP contribution in [-0.4, -0.2) is 45.7 Å². The third-order valence-corrected chi connectivity index (χ3v) is 5.15. The molecule has 0 spiro atoms. The van der Waals surface area contributed by atoms with Crippen LogP contribution < -0.4 is 25.4 Å². The van der Waals surface area contributed by atoms with E-state index in [-0.39, 0.29) is 17.0 Å². The Morgan fingerprint density at radius 3 is 2.74 bits per heavy atom. The number of nitrogens with two attached hydrogens (primary N) is 1. The molecule has 1 fully saturated rings. The predicted molar refractivity (Wildman–Crippen MR) is 101 cm³/mol. The molecule has 1 aromatic carbocycles. The van der Waals surface area contributed by atoms with Crippen molar-refractivity contribution in [2.24, 2.45) is 5.14 Å². The smallest absolute Gasteiger partial charge is 0.319 e. The lowest BCUT2D eigenvalue weighted by Crippen LogP contribution is -2.39. The molecule has 3 rings (SSSR count). The second-order valence-corrected chi connectivity index (χ2v) is 7.69. The number of benzene rings is 1. The number of primary sulfonamides is 1. The van der Waals surface area contributed by atoms with Gasteiger partial charge in [0.05, 0.1) is 12.8 Å². The Balaban J connectivity index is 1.57. The van der Waals surface area contributed by atoms with Crippen LogP contribution in [0, 0.1) is 0 Å². The summed E-state index contributed by atoms with van der Waals surface area (Å²) in [6.07, 6.45) is 1.98. The molecule has 1 aromatic heterocycles. The molecule has 0 aliphatic carbocycles. The van der Waals surface area contributed by atoms with E-state index < -0.39 is 10.0 Å². The molecule has 2 amide bonds. The van der Waals surface area contributed by atoms with Crippen molar-refractivity contribution in [3.05, 3.63) is 42.6 Å². The Kier molecular flexibility index (Phi) is 5.47. The Morgan fingerprint density at radius 1 is 1.30 bits per heavy atom. The number of aromatic nitrogens is 1. The van der Waals surface area contributed by atoms with Gasteiger partial charge in [0, 0.05) is 25.3 Å². The molecule has 2 aromatic rings. The van der Waals surface area contributed by atoms with E-state index in [0.29, 0.717) is 30.3 Å². The number of para-hydroxylation sites is 2. The maximum Gasteiger partial charge on any atom is 0.319 e. The first kappa shape index (κ1) is 18.9. The summed E-state index contributed by atoms with van der Waals surface area (Å²) in [6.45, 7) is 1.27. The van der Waals surface area contributed by atoms with Gasteiger partial charge in [0.15, 0.2) is 0 Å². The molecule has 4 N–H and O–H groups in total. The highest BCUT2D eigenvalue weighted by molar-refractivity contribution is 7.89. The summed E-state index contributed by atoms with van der Waals surface area (Å²) >= 11 is 0. The number of anilines is 2. The van der Waals surface area contributed by atoms with Gasteiger partial charge < -0.3 is 20.3 Å². The van der Waals surface area contributed by atoms with Crippen LogP contribution in [0.1, 0.15) is 6.42 Å². The highest BCUT2D eigenvalue weighted by Gasteiger charge is 2.25.